The first kappa shape index (κ1) is 55.3. The van der Waals surface area contributed by atoms with Gasteiger partial charge in [-0.3, -0.25) is 0 Å². The SMILES string of the molecule is CCCCC(CC)COc1cc2c(cc1OCC(CC)CCCC)C1(c3cc(B4OCCCO4)ccc3-c3ccc(B4OCCCO4)cc31)c1cc(OCC(CC)CCCC)c(OCC(CC)CCCC)cc1-2. The molecule has 10 heteroatoms. The second kappa shape index (κ2) is 27.2. The highest BCUT2D eigenvalue weighted by atomic mass is 16.6. The fourth-order valence-electron chi connectivity index (χ4n) is 11.8. The first-order chi connectivity index (χ1) is 35.8. The van der Waals surface area contributed by atoms with Gasteiger partial charge in [-0.15, -0.1) is 0 Å². The lowest BCUT2D eigenvalue weighted by Crippen LogP contribution is -2.42. The third kappa shape index (κ3) is 12.5. The number of hydrogen-bond acceptors (Lipinski definition) is 8. The van der Waals surface area contributed by atoms with E-state index in [-0.39, 0.29) is 0 Å². The van der Waals surface area contributed by atoms with Crippen molar-refractivity contribution in [3.63, 3.8) is 0 Å². The molecular weight excluding hydrogens is 906 g/mol. The largest absolute Gasteiger partial charge is 0.493 e. The van der Waals surface area contributed by atoms with Crippen LogP contribution in [-0.4, -0.2) is 67.1 Å². The molecule has 2 fully saturated rings. The second-order valence-electron chi connectivity index (χ2n) is 21.8. The van der Waals surface area contributed by atoms with Crippen LogP contribution in [0.15, 0.2) is 60.7 Å². The Kier molecular flexibility index (Phi) is 20.6. The Balaban J connectivity index is 1.40. The fraction of sp³-hybridized carbons (Fsp3) is 0.619. The van der Waals surface area contributed by atoms with E-state index in [0.717, 1.165) is 109 Å². The molecule has 2 saturated heterocycles. The van der Waals surface area contributed by atoms with Gasteiger partial charge >= 0.3 is 14.2 Å². The van der Waals surface area contributed by atoms with Gasteiger partial charge in [0, 0.05) is 26.4 Å². The lowest BCUT2D eigenvalue weighted by molar-refractivity contribution is 0.143. The van der Waals surface area contributed by atoms with Gasteiger partial charge in [0.15, 0.2) is 23.0 Å². The second-order valence-corrected chi connectivity index (χ2v) is 21.8. The fourth-order valence-corrected chi connectivity index (χ4v) is 11.8. The zero-order chi connectivity index (χ0) is 51.2. The molecule has 0 radical (unpaired) electrons. The van der Waals surface area contributed by atoms with Gasteiger partial charge in [0.25, 0.3) is 0 Å². The van der Waals surface area contributed by atoms with Crippen molar-refractivity contribution in [2.24, 2.45) is 23.7 Å². The molecule has 396 valence electrons. The molecule has 4 aromatic carbocycles. The highest BCUT2D eigenvalue weighted by Gasteiger charge is 2.54. The molecular formula is C63H90B2O8. The van der Waals surface area contributed by atoms with Crippen LogP contribution in [0.5, 0.6) is 23.0 Å². The van der Waals surface area contributed by atoms with Crippen molar-refractivity contribution in [1.82, 2.24) is 0 Å². The summed E-state index contributed by atoms with van der Waals surface area (Å²) in [6.45, 7) is 23.5. The van der Waals surface area contributed by atoms with E-state index in [2.05, 4.69) is 116 Å². The van der Waals surface area contributed by atoms with Crippen LogP contribution in [0.4, 0.5) is 0 Å². The molecule has 4 aromatic rings. The number of hydrogen-bond donors (Lipinski definition) is 0. The topological polar surface area (TPSA) is 73.8 Å². The van der Waals surface area contributed by atoms with Crippen molar-refractivity contribution in [3.05, 3.63) is 82.9 Å². The standard InChI is InChI=1S/C63H90B2O8/c1-9-17-23-45(13-5)41-66-59-37-53-54-38-60(67-42-46(14-6)24-18-10-2)62(69-44-48(16-8)26-20-12-4)40-58(54)63(57(53)39-61(59)68-43-47(15-7)25-19-11-3)55-35-49(64-70-31-21-32-71-64)27-29-51(55)52-30-28-50(36-56(52)63)65-72-33-22-34-73-65/h27-30,35-40,45-48H,9-26,31-34,41-44H2,1-8H3. The molecule has 0 N–H and O–H groups in total. The highest BCUT2D eigenvalue weighted by Crippen LogP contribution is 2.65. The summed E-state index contributed by atoms with van der Waals surface area (Å²) in [7, 11) is -0.906. The van der Waals surface area contributed by atoms with Crippen LogP contribution in [0.1, 0.15) is 193 Å². The van der Waals surface area contributed by atoms with Crippen molar-refractivity contribution in [1.29, 1.82) is 0 Å². The molecule has 2 aliphatic heterocycles. The van der Waals surface area contributed by atoms with E-state index < -0.39 is 19.7 Å². The zero-order valence-corrected chi connectivity index (χ0v) is 46.4. The summed E-state index contributed by atoms with van der Waals surface area (Å²) in [5.74, 6) is 5.03. The maximum Gasteiger partial charge on any atom is 0.493 e. The Morgan fingerprint density at radius 2 is 0.699 bits per heavy atom. The molecule has 0 aromatic heterocycles. The number of benzene rings is 4. The van der Waals surface area contributed by atoms with E-state index in [1.807, 2.05) is 0 Å². The quantitative estimate of drug-likeness (QED) is 0.0413. The van der Waals surface area contributed by atoms with Gasteiger partial charge in [-0.25, -0.2) is 0 Å². The molecule has 0 bridgehead atoms. The molecule has 4 aliphatic rings. The summed E-state index contributed by atoms with van der Waals surface area (Å²) in [4.78, 5) is 0. The van der Waals surface area contributed by atoms with Crippen LogP contribution >= 0.6 is 0 Å². The molecule has 73 heavy (non-hydrogen) atoms. The van der Waals surface area contributed by atoms with Gasteiger partial charge in [-0.05, 0) is 142 Å². The van der Waals surface area contributed by atoms with Crippen LogP contribution < -0.4 is 29.9 Å². The maximum absolute atomic E-state index is 7.19. The zero-order valence-electron chi connectivity index (χ0n) is 46.4. The van der Waals surface area contributed by atoms with Gasteiger partial charge in [0.1, 0.15) is 0 Å². The lowest BCUT2D eigenvalue weighted by Gasteiger charge is -2.33. The average molecular weight is 997 g/mol. The number of ether oxygens (including phenoxy) is 4. The minimum absolute atomic E-state index is 0.442. The minimum Gasteiger partial charge on any atom is -0.489 e. The maximum atomic E-state index is 7.19. The first-order valence-electron chi connectivity index (χ1n) is 29.5. The monoisotopic (exact) mass is 997 g/mol. The van der Waals surface area contributed by atoms with Crippen molar-refractivity contribution in [3.8, 4) is 45.3 Å². The molecule has 4 unspecified atom stereocenters. The number of rotatable bonds is 30. The van der Waals surface area contributed by atoms with E-state index in [0.29, 0.717) is 76.5 Å². The van der Waals surface area contributed by atoms with Crippen LogP contribution in [0, 0.1) is 23.7 Å². The molecule has 8 nitrogen and oxygen atoms in total. The van der Waals surface area contributed by atoms with Crippen LogP contribution in [0.3, 0.4) is 0 Å². The first-order valence-corrected chi connectivity index (χ1v) is 29.5. The Hall–Kier alpha value is -3.95. The number of fused-ring (bicyclic) bond motifs is 10. The molecule has 1 spiro atoms. The molecule has 2 heterocycles. The summed E-state index contributed by atoms with van der Waals surface area (Å²) in [5.41, 5.74) is 10.6. The molecule has 0 saturated carbocycles. The predicted octanol–water partition coefficient (Wildman–Crippen LogP) is 14.7. The molecule has 4 atom stereocenters. The normalized spacial score (nSPS) is 17.2. The average Bonchev–Trinajstić information content (AvgIpc) is 3.88. The highest BCUT2D eigenvalue weighted by molar-refractivity contribution is 6.62. The van der Waals surface area contributed by atoms with Crippen molar-refractivity contribution >= 4 is 25.2 Å². The Morgan fingerprint density at radius 3 is 1.00 bits per heavy atom. The van der Waals surface area contributed by atoms with Crippen molar-refractivity contribution in [2.75, 3.05) is 52.9 Å². The van der Waals surface area contributed by atoms with E-state index in [9.17, 15) is 0 Å². The van der Waals surface area contributed by atoms with E-state index in [1.165, 1.54) is 84.7 Å². The summed E-state index contributed by atoms with van der Waals surface area (Å²) in [6.07, 6.45) is 20.1. The Labute approximate surface area is 442 Å². The van der Waals surface area contributed by atoms with E-state index in [1.54, 1.807) is 0 Å². The molecule has 2 aliphatic carbocycles. The third-order valence-electron chi connectivity index (χ3n) is 16.7. The summed E-state index contributed by atoms with van der Waals surface area (Å²) >= 11 is 0. The van der Waals surface area contributed by atoms with Gasteiger partial charge in [0.2, 0.25) is 0 Å². The van der Waals surface area contributed by atoms with Crippen LogP contribution in [0.25, 0.3) is 22.3 Å². The lowest BCUT2D eigenvalue weighted by atomic mass is 9.66. The third-order valence-corrected chi connectivity index (χ3v) is 16.7. The molecule has 8 rings (SSSR count). The van der Waals surface area contributed by atoms with Crippen LogP contribution in [-0.2, 0) is 24.0 Å². The van der Waals surface area contributed by atoms with Gasteiger partial charge in [-0.1, -0.05) is 169 Å². The predicted molar refractivity (Wildman–Crippen MR) is 302 cm³/mol. The van der Waals surface area contributed by atoms with Gasteiger partial charge < -0.3 is 37.6 Å². The number of unbranched alkanes of at least 4 members (excludes halogenated alkanes) is 4. The van der Waals surface area contributed by atoms with E-state index >= 15 is 0 Å². The van der Waals surface area contributed by atoms with Crippen molar-refractivity contribution in [2.45, 2.75) is 176 Å². The van der Waals surface area contributed by atoms with Gasteiger partial charge in [0.05, 0.1) is 31.8 Å². The smallest absolute Gasteiger partial charge is 0.489 e. The Bertz CT molecular complexity index is 2190. The minimum atomic E-state index is -0.795. The summed E-state index contributed by atoms with van der Waals surface area (Å²) in [6, 6.07) is 23.1. The summed E-state index contributed by atoms with van der Waals surface area (Å²) in [5, 5.41) is 0. The Morgan fingerprint density at radius 1 is 0.397 bits per heavy atom. The van der Waals surface area contributed by atoms with E-state index in [4.69, 9.17) is 37.6 Å². The van der Waals surface area contributed by atoms with Crippen molar-refractivity contribution < 1.29 is 37.6 Å². The van der Waals surface area contributed by atoms with Gasteiger partial charge in [-0.2, -0.15) is 0 Å². The summed E-state index contributed by atoms with van der Waals surface area (Å²) < 4.78 is 54.1. The molecule has 0 amide bonds. The van der Waals surface area contributed by atoms with Crippen LogP contribution in [0.2, 0.25) is 0 Å².